The molecule has 0 radical (unpaired) electrons. The molecular formula is C12H19N7O. The van der Waals surface area contributed by atoms with E-state index in [9.17, 15) is 4.79 Å². The van der Waals surface area contributed by atoms with Crippen molar-refractivity contribution in [2.45, 2.75) is 0 Å². The Labute approximate surface area is 116 Å². The molecule has 8 heteroatoms. The molecule has 2 aromatic rings. The van der Waals surface area contributed by atoms with E-state index in [1.165, 1.54) is 4.57 Å². The van der Waals surface area contributed by atoms with Crippen LogP contribution in [-0.4, -0.2) is 59.8 Å². The van der Waals surface area contributed by atoms with Crippen molar-refractivity contribution >= 4 is 23.1 Å². The van der Waals surface area contributed by atoms with E-state index >= 15 is 0 Å². The van der Waals surface area contributed by atoms with Crippen LogP contribution in [0.2, 0.25) is 0 Å². The molecule has 8 nitrogen and oxygen atoms in total. The van der Waals surface area contributed by atoms with Gasteiger partial charge < -0.3 is 20.1 Å². The third kappa shape index (κ3) is 2.01. The third-order valence-electron chi connectivity index (χ3n) is 3.51. The van der Waals surface area contributed by atoms with Gasteiger partial charge in [0.25, 0.3) is 5.56 Å². The second-order valence-electron chi connectivity index (χ2n) is 5.17. The molecule has 3 rings (SSSR count). The van der Waals surface area contributed by atoms with E-state index in [-0.39, 0.29) is 5.56 Å². The summed E-state index contributed by atoms with van der Waals surface area (Å²) in [5.74, 6) is 1.32. The second-order valence-corrected chi connectivity index (χ2v) is 5.17. The zero-order valence-corrected chi connectivity index (χ0v) is 12.0. The number of imidazole rings is 1. The van der Waals surface area contributed by atoms with Crippen LogP contribution in [0.25, 0.3) is 11.2 Å². The van der Waals surface area contributed by atoms with Crippen LogP contribution in [0.3, 0.4) is 0 Å². The molecule has 0 bridgehead atoms. The number of aromatic nitrogens is 4. The largest absolute Gasteiger partial charge is 0.348 e. The number of piperazine rings is 1. The highest BCUT2D eigenvalue weighted by Crippen LogP contribution is 2.16. The highest BCUT2D eigenvalue weighted by molar-refractivity contribution is 5.74. The number of nitrogens with zero attached hydrogens (tertiary/aromatic N) is 5. The summed E-state index contributed by atoms with van der Waals surface area (Å²) in [6.45, 7) is 3.60. The molecule has 0 spiro atoms. The summed E-state index contributed by atoms with van der Waals surface area (Å²) < 4.78 is 1.53. The van der Waals surface area contributed by atoms with Crippen molar-refractivity contribution in [3.05, 3.63) is 10.4 Å². The molecular weight excluding hydrogens is 258 g/mol. The zero-order valence-electron chi connectivity index (χ0n) is 12.0. The van der Waals surface area contributed by atoms with E-state index in [2.05, 4.69) is 25.2 Å². The Kier molecular flexibility index (Phi) is 3.09. The molecule has 0 atom stereocenters. The number of rotatable bonds is 2. The smallest absolute Gasteiger partial charge is 0.280 e. The van der Waals surface area contributed by atoms with E-state index < -0.39 is 0 Å². The average molecular weight is 277 g/mol. The molecule has 108 valence electrons. The Balaban J connectivity index is 2.11. The second kappa shape index (κ2) is 4.78. The van der Waals surface area contributed by atoms with Crippen molar-refractivity contribution in [1.82, 2.24) is 24.8 Å². The van der Waals surface area contributed by atoms with Crippen LogP contribution in [0, 0.1) is 0 Å². The summed E-state index contributed by atoms with van der Waals surface area (Å²) in [6, 6.07) is 0. The molecule has 1 aliphatic rings. The van der Waals surface area contributed by atoms with Gasteiger partial charge in [-0.1, -0.05) is 0 Å². The zero-order chi connectivity index (χ0) is 14.3. The van der Waals surface area contributed by atoms with Gasteiger partial charge in [-0.25, -0.2) is 0 Å². The minimum absolute atomic E-state index is 0.104. The van der Waals surface area contributed by atoms with Gasteiger partial charge in [0.15, 0.2) is 11.2 Å². The first-order valence-corrected chi connectivity index (χ1v) is 6.67. The van der Waals surface area contributed by atoms with Crippen LogP contribution in [-0.2, 0) is 7.05 Å². The summed E-state index contributed by atoms with van der Waals surface area (Å²) in [6.07, 6.45) is 0. The minimum Gasteiger partial charge on any atom is -0.348 e. The summed E-state index contributed by atoms with van der Waals surface area (Å²) in [5.41, 5.74) is 0.838. The van der Waals surface area contributed by atoms with Gasteiger partial charge in [-0.2, -0.15) is 9.97 Å². The van der Waals surface area contributed by atoms with Crippen molar-refractivity contribution < 1.29 is 0 Å². The van der Waals surface area contributed by atoms with Crippen LogP contribution in [0.4, 0.5) is 11.9 Å². The van der Waals surface area contributed by atoms with Crippen molar-refractivity contribution in [1.29, 1.82) is 0 Å². The molecule has 0 amide bonds. The lowest BCUT2D eigenvalue weighted by molar-refractivity contribution is 0.582. The van der Waals surface area contributed by atoms with Crippen molar-refractivity contribution in [2.75, 3.05) is 50.1 Å². The predicted octanol–water partition coefficient (Wildman–Crippen LogP) is -0.868. The molecule has 0 saturated carbocycles. The van der Waals surface area contributed by atoms with Crippen molar-refractivity contribution in [2.24, 2.45) is 7.05 Å². The fraction of sp³-hybridized carbons (Fsp3) is 0.583. The van der Waals surface area contributed by atoms with Gasteiger partial charge in [-0.3, -0.25) is 9.36 Å². The summed E-state index contributed by atoms with van der Waals surface area (Å²) in [5, 5.41) is 3.29. The van der Waals surface area contributed by atoms with Crippen LogP contribution in [0.5, 0.6) is 0 Å². The average Bonchev–Trinajstić information content (AvgIpc) is 2.88. The molecule has 3 heterocycles. The maximum Gasteiger partial charge on any atom is 0.280 e. The molecule has 0 unspecified atom stereocenters. The number of hydrogen-bond donors (Lipinski definition) is 2. The minimum atomic E-state index is -0.104. The SMILES string of the molecule is CN(C)c1nc2nc(N3CCNCC3)[nH]c2c(=O)n1C. The van der Waals surface area contributed by atoms with Crippen molar-refractivity contribution in [3.8, 4) is 0 Å². The first-order valence-electron chi connectivity index (χ1n) is 6.67. The normalized spacial score (nSPS) is 15.8. The van der Waals surface area contributed by atoms with Crippen LogP contribution in [0.15, 0.2) is 4.79 Å². The van der Waals surface area contributed by atoms with Gasteiger partial charge in [0.05, 0.1) is 0 Å². The fourth-order valence-corrected chi connectivity index (χ4v) is 2.44. The van der Waals surface area contributed by atoms with E-state index in [4.69, 9.17) is 0 Å². The third-order valence-corrected chi connectivity index (χ3v) is 3.51. The maximum atomic E-state index is 12.3. The van der Waals surface area contributed by atoms with Crippen molar-refractivity contribution in [3.63, 3.8) is 0 Å². The molecule has 1 fully saturated rings. The molecule has 1 aliphatic heterocycles. The van der Waals surface area contributed by atoms with Gasteiger partial charge in [-0.05, 0) is 0 Å². The highest BCUT2D eigenvalue weighted by atomic mass is 16.1. The molecule has 2 aromatic heterocycles. The first kappa shape index (κ1) is 12.9. The van der Waals surface area contributed by atoms with E-state index in [1.54, 1.807) is 11.9 Å². The maximum absolute atomic E-state index is 12.3. The predicted molar refractivity (Wildman–Crippen MR) is 78.5 cm³/mol. The number of fused-ring (bicyclic) bond motifs is 1. The van der Waals surface area contributed by atoms with Gasteiger partial charge in [0.1, 0.15) is 0 Å². The van der Waals surface area contributed by atoms with Gasteiger partial charge in [0.2, 0.25) is 11.9 Å². The molecule has 0 aromatic carbocycles. The van der Waals surface area contributed by atoms with Crippen LogP contribution < -0.4 is 20.7 Å². The number of H-pyrrole nitrogens is 1. The Hall–Kier alpha value is -2.09. The van der Waals surface area contributed by atoms with Crippen LogP contribution >= 0.6 is 0 Å². The first-order chi connectivity index (χ1) is 9.58. The Morgan fingerprint density at radius 3 is 2.55 bits per heavy atom. The number of hydrogen-bond acceptors (Lipinski definition) is 6. The monoisotopic (exact) mass is 277 g/mol. The quantitative estimate of drug-likeness (QED) is 0.743. The van der Waals surface area contributed by atoms with Crippen LogP contribution in [0.1, 0.15) is 0 Å². The highest BCUT2D eigenvalue weighted by Gasteiger charge is 2.18. The lowest BCUT2D eigenvalue weighted by Gasteiger charge is -2.26. The van der Waals surface area contributed by atoms with E-state index in [0.29, 0.717) is 17.1 Å². The molecule has 20 heavy (non-hydrogen) atoms. The summed E-state index contributed by atoms with van der Waals surface area (Å²) in [4.78, 5) is 28.3. The number of nitrogens with one attached hydrogen (secondary N) is 2. The Bertz CT molecular complexity index is 681. The topological polar surface area (TPSA) is 82.1 Å². The van der Waals surface area contributed by atoms with Gasteiger partial charge in [0, 0.05) is 47.3 Å². The molecule has 1 saturated heterocycles. The summed E-state index contributed by atoms with van der Waals surface area (Å²) >= 11 is 0. The lowest BCUT2D eigenvalue weighted by Crippen LogP contribution is -2.44. The lowest BCUT2D eigenvalue weighted by atomic mass is 10.4. The molecule has 0 aliphatic carbocycles. The van der Waals surface area contributed by atoms with Gasteiger partial charge in [-0.15, -0.1) is 0 Å². The number of anilines is 2. The fourth-order valence-electron chi connectivity index (χ4n) is 2.44. The van der Waals surface area contributed by atoms with Gasteiger partial charge >= 0.3 is 0 Å². The number of aromatic amines is 1. The Morgan fingerprint density at radius 2 is 1.90 bits per heavy atom. The molecule has 2 N–H and O–H groups in total. The standard InChI is InChI=1S/C12H19N7O/c1-17(2)12-16-9-8(10(20)18(12)3)14-11(15-9)19-6-4-13-5-7-19/h13H,4-7H2,1-3H3,(H,14,15). The Morgan fingerprint density at radius 1 is 1.20 bits per heavy atom. The van der Waals surface area contributed by atoms with E-state index in [1.807, 2.05) is 14.1 Å². The van der Waals surface area contributed by atoms with E-state index in [0.717, 1.165) is 32.1 Å². The summed E-state index contributed by atoms with van der Waals surface area (Å²) in [7, 11) is 5.43.